The van der Waals surface area contributed by atoms with Crippen LogP contribution in [0.25, 0.3) is 22.0 Å². The van der Waals surface area contributed by atoms with Crippen molar-refractivity contribution in [2.45, 2.75) is 63.7 Å². The largest absolute Gasteiger partial charge is 0.351 e. The fraction of sp³-hybridized carbons (Fsp3) is 0.375. The van der Waals surface area contributed by atoms with Crippen LogP contribution >= 0.6 is 0 Å². The minimum Gasteiger partial charge on any atom is -0.351 e. The van der Waals surface area contributed by atoms with Crippen molar-refractivity contribution in [3.63, 3.8) is 0 Å². The van der Waals surface area contributed by atoms with Crippen LogP contribution in [0.3, 0.4) is 0 Å². The van der Waals surface area contributed by atoms with Gasteiger partial charge in [0, 0.05) is 41.8 Å². The number of rotatable bonds is 8. The summed E-state index contributed by atoms with van der Waals surface area (Å²) in [6, 6.07) is 17.6. The molecule has 8 heteroatoms. The van der Waals surface area contributed by atoms with Crippen molar-refractivity contribution in [2.24, 2.45) is 0 Å². The first kappa shape index (κ1) is 27.6. The van der Waals surface area contributed by atoms with Gasteiger partial charge in [-0.3, -0.25) is 4.79 Å². The molecule has 5 rings (SSSR count). The zero-order chi connectivity index (χ0) is 28.2. The minimum atomic E-state index is -0.868. The third-order valence-corrected chi connectivity index (χ3v) is 7.64. The van der Waals surface area contributed by atoms with E-state index in [1.807, 2.05) is 67.7 Å². The molecule has 1 aliphatic rings. The van der Waals surface area contributed by atoms with Gasteiger partial charge in [-0.05, 0) is 73.8 Å². The van der Waals surface area contributed by atoms with Crippen LogP contribution in [0.1, 0.15) is 50.2 Å². The Bertz CT molecular complexity index is 1460. The van der Waals surface area contributed by atoms with Crippen molar-refractivity contribution in [3.8, 4) is 11.1 Å². The lowest BCUT2D eigenvalue weighted by atomic mass is 9.89. The number of aromatic nitrogens is 3. The van der Waals surface area contributed by atoms with Crippen LogP contribution in [-0.4, -0.2) is 58.1 Å². The normalized spacial score (nSPS) is 19.2. The first-order valence-electron chi connectivity index (χ1n) is 13.9. The molecule has 1 unspecified atom stereocenters. The molecule has 40 heavy (non-hydrogen) atoms. The maximum atomic E-state index is 14.7. The van der Waals surface area contributed by atoms with Crippen LogP contribution in [-0.2, 0) is 11.2 Å². The highest BCUT2D eigenvalue weighted by Crippen LogP contribution is 2.32. The van der Waals surface area contributed by atoms with Crippen LogP contribution in [0.5, 0.6) is 0 Å². The SMILES string of the molecule is CC(C)c1cc(-c2ccc(NC(=O)Cc3ccccc3)nc2)cc2cnc(N[C@H]3CC[C@H](N(C)C)C(F)C3)nc12. The van der Waals surface area contributed by atoms with E-state index in [-0.39, 0.29) is 23.9 Å². The van der Waals surface area contributed by atoms with Crippen molar-refractivity contribution >= 4 is 28.6 Å². The number of nitrogens with zero attached hydrogens (tertiary/aromatic N) is 4. The van der Waals surface area contributed by atoms with Crippen molar-refractivity contribution in [2.75, 3.05) is 24.7 Å². The van der Waals surface area contributed by atoms with E-state index in [1.54, 1.807) is 6.20 Å². The van der Waals surface area contributed by atoms with Gasteiger partial charge in [-0.1, -0.05) is 44.2 Å². The van der Waals surface area contributed by atoms with E-state index in [2.05, 4.69) is 46.6 Å². The predicted molar refractivity (Wildman–Crippen MR) is 159 cm³/mol. The van der Waals surface area contributed by atoms with Gasteiger partial charge < -0.3 is 15.5 Å². The van der Waals surface area contributed by atoms with E-state index in [1.165, 1.54) is 0 Å². The Morgan fingerprint density at radius 3 is 2.50 bits per heavy atom. The lowest BCUT2D eigenvalue weighted by Gasteiger charge is -2.35. The van der Waals surface area contributed by atoms with Crippen LogP contribution in [0.2, 0.25) is 0 Å². The Hall–Kier alpha value is -3.91. The van der Waals surface area contributed by atoms with Gasteiger partial charge in [-0.2, -0.15) is 0 Å². The highest BCUT2D eigenvalue weighted by Gasteiger charge is 2.32. The van der Waals surface area contributed by atoms with Gasteiger partial charge >= 0.3 is 0 Å². The summed E-state index contributed by atoms with van der Waals surface area (Å²) in [7, 11) is 3.88. The number of carbonyl (C=O) groups excluding carboxylic acids is 1. The van der Waals surface area contributed by atoms with Gasteiger partial charge in [-0.15, -0.1) is 0 Å². The number of benzene rings is 2. The molecule has 1 amide bonds. The molecule has 1 aliphatic carbocycles. The second kappa shape index (κ2) is 12.1. The second-order valence-corrected chi connectivity index (χ2v) is 11.2. The first-order chi connectivity index (χ1) is 19.3. The van der Waals surface area contributed by atoms with Crippen LogP contribution in [0.15, 0.2) is 67.0 Å². The number of hydrogen-bond acceptors (Lipinski definition) is 6. The third kappa shape index (κ3) is 6.45. The van der Waals surface area contributed by atoms with Crippen molar-refractivity contribution < 1.29 is 9.18 Å². The molecule has 1 saturated carbocycles. The molecule has 0 bridgehead atoms. The summed E-state index contributed by atoms with van der Waals surface area (Å²) in [4.78, 5) is 28.3. The molecule has 2 N–H and O–H groups in total. The fourth-order valence-electron chi connectivity index (χ4n) is 5.45. The highest BCUT2D eigenvalue weighted by molar-refractivity contribution is 5.92. The molecule has 7 nitrogen and oxygen atoms in total. The molecule has 0 spiro atoms. The number of pyridine rings is 1. The Morgan fingerprint density at radius 2 is 1.82 bits per heavy atom. The number of halogens is 1. The van der Waals surface area contributed by atoms with Gasteiger partial charge in [0.15, 0.2) is 0 Å². The van der Waals surface area contributed by atoms with Crippen LogP contribution in [0.4, 0.5) is 16.2 Å². The molecule has 0 saturated heterocycles. The highest BCUT2D eigenvalue weighted by atomic mass is 19.1. The smallest absolute Gasteiger partial charge is 0.229 e. The van der Waals surface area contributed by atoms with Crippen molar-refractivity contribution in [3.05, 3.63) is 78.1 Å². The van der Waals surface area contributed by atoms with Gasteiger partial charge in [-0.25, -0.2) is 19.3 Å². The standard InChI is InChI=1S/C32H37FN6O/c1-20(2)26-16-23(22-10-13-29(34-18-22)37-30(40)14-21-8-6-5-7-9-21)15-24-19-35-32(38-31(24)26)36-25-11-12-28(39(3)4)27(33)17-25/h5-10,13,15-16,18-20,25,27-28H,11-12,14,17H2,1-4H3,(H,34,37,40)(H,35,36,38)/t25-,27?,28-/m0/s1. The average molecular weight is 541 g/mol. The number of hydrogen-bond donors (Lipinski definition) is 2. The van der Waals surface area contributed by atoms with Gasteiger partial charge in [0.1, 0.15) is 12.0 Å². The topological polar surface area (TPSA) is 83.0 Å². The molecule has 2 heterocycles. The lowest BCUT2D eigenvalue weighted by molar-refractivity contribution is -0.115. The van der Waals surface area contributed by atoms with E-state index in [0.29, 0.717) is 24.6 Å². The maximum absolute atomic E-state index is 14.7. The minimum absolute atomic E-state index is 0.0168. The lowest BCUT2D eigenvalue weighted by Crippen LogP contribution is -2.44. The number of fused-ring (bicyclic) bond motifs is 1. The van der Waals surface area contributed by atoms with Crippen LogP contribution in [0, 0.1) is 0 Å². The summed E-state index contributed by atoms with van der Waals surface area (Å²) in [6.45, 7) is 4.29. The van der Waals surface area contributed by atoms with Crippen molar-refractivity contribution in [1.29, 1.82) is 0 Å². The Labute approximate surface area is 235 Å². The first-order valence-corrected chi connectivity index (χ1v) is 13.9. The maximum Gasteiger partial charge on any atom is 0.229 e. The quantitative estimate of drug-likeness (QED) is 0.276. The Balaban J connectivity index is 1.32. The second-order valence-electron chi connectivity index (χ2n) is 11.2. The van der Waals surface area contributed by atoms with Crippen LogP contribution < -0.4 is 10.6 Å². The molecule has 208 valence electrons. The Morgan fingerprint density at radius 1 is 1.02 bits per heavy atom. The van der Waals surface area contributed by atoms with Gasteiger partial charge in [0.25, 0.3) is 0 Å². The number of anilines is 2. The number of amides is 1. The molecule has 2 aromatic heterocycles. The summed E-state index contributed by atoms with van der Waals surface area (Å²) >= 11 is 0. The van der Waals surface area contributed by atoms with Crippen molar-refractivity contribution in [1.82, 2.24) is 19.9 Å². The predicted octanol–water partition coefficient (Wildman–Crippen LogP) is 6.23. The molecule has 4 aromatic rings. The molecule has 2 aromatic carbocycles. The van der Waals surface area contributed by atoms with E-state index in [4.69, 9.17) is 4.98 Å². The van der Waals surface area contributed by atoms with E-state index < -0.39 is 6.17 Å². The Kier molecular flexibility index (Phi) is 8.35. The molecular formula is C32H37FN6O. The monoisotopic (exact) mass is 540 g/mol. The third-order valence-electron chi connectivity index (χ3n) is 7.64. The molecule has 0 radical (unpaired) electrons. The number of carbonyl (C=O) groups is 1. The van der Waals surface area contributed by atoms with Gasteiger partial charge in [0.2, 0.25) is 11.9 Å². The molecule has 3 atom stereocenters. The zero-order valence-corrected chi connectivity index (χ0v) is 23.6. The molecular weight excluding hydrogens is 503 g/mol. The summed E-state index contributed by atoms with van der Waals surface area (Å²) in [5.74, 6) is 1.19. The zero-order valence-electron chi connectivity index (χ0n) is 23.6. The van der Waals surface area contributed by atoms with Gasteiger partial charge in [0.05, 0.1) is 11.9 Å². The number of alkyl halides is 1. The van der Waals surface area contributed by atoms with E-state index in [0.717, 1.165) is 46.0 Å². The van der Waals surface area contributed by atoms with E-state index >= 15 is 0 Å². The molecule has 1 fully saturated rings. The molecule has 0 aliphatic heterocycles. The number of nitrogens with one attached hydrogen (secondary N) is 2. The summed E-state index contributed by atoms with van der Waals surface area (Å²) in [6.07, 6.45) is 5.19. The summed E-state index contributed by atoms with van der Waals surface area (Å²) in [5.41, 5.74) is 4.92. The summed E-state index contributed by atoms with van der Waals surface area (Å²) < 4.78 is 14.7. The average Bonchev–Trinajstić information content (AvgIpc) is 2.93. The summed E-state index contributed by atoms with van der Waals surface area (Å²) in [5, 5.41) is 7.20. The fourth-order valence-corrected chi connectivity index (χ4v) is 5.45. The van der Waals surface area contributed by atoms with E-state index in [9.17, 15) is 9.18 Å².